The summed E-state index contributed by atoms with van der Waals surface area (Å²) in [5, 5.41) is 9.97. The minimum absolute atomic E-state index is 0.0838. The molecule has 1 aromatic heterocycles. The molecule has 0 aromatic carbocycles. The van der Waals surface area contributed by atoms with E-state index in [9.17, 15) is 9.90 Å². The standard InChI is InChI=1S/C7H9NO2/c9-7(10)4-3-6-2-1-5-8-6/h1-2,5,8H,3-4H2,(H,9,10)/p-1. The molecule has 10 heavy (non-hydrogen) atoms. The third-order valence-electron chi connectivity index (χ3n) is 1.26. The van der Waals surface area contributed by atoms with Gasteiger partial charge in [-0.25, -0.2) is 0 Å². The lowest BCUT2D eigenvalue weighted by atomic mass is 10.2. The summed E-state index contributed by atoms with van der Waals surface area (Å²) in [7, 11) is 0. The molecule has 1 rings (SSSR count). The SMILES string of the molecule is O=C([O-])CCc1ccc[nH]1. The Morgan fingerprint density at radius 1 is 1.70 bits per heavy atom. The number of aromatic amines is 1. The normalized spacial score (nSPS) is 9.60. The monoisotopic (exact) mass is 138 g/mol. The third-order valence-corrected chi connectivity index (χ3v) is 1.26. The quantitative estimate of drug-likeness (QED) is 0.623. The average molecular weight is 138 g/mol. The van der Waals surface area contributed by atoms with Gasteiger partial charge in [-0.1, -0.05) is 0 Å². The van der Waals surface area contributed by atoms with Crippen molar-refractivity contribution in [1.82, 2.24) is 4.98 Å². The number of carboxylic acid groups (broad SMARTS) is 1. The molecule has 0 aliphatic heterocycles. The van der Waals surface area contributed by atoms with E-state index in [0.29, 0.717) is 6.42 Å². The fourth-order valence-corrected chi connectivity index (χ4v) is 0.760. The lowest BCUT2D eigenvalue weighted by Gasteiger charge is -1.98. The number of H-pyrrole nitrogens is 1. The summed E-state index contributed by atoms with van der Waals surface area (Å²) in [5.74, 6) is -1.00. The number of aliphatic carboxylic acids is 1. The summed E-state index contributed by atoms with van der Waals surface area (Å²) < 4.78 is 0. The summed E-state index contributed by atoms with van der Waals surface area (Å²) >= 11 is 0. The number of carboxylic acids is 1. The van der Waals surface area contributed by atoms with Crippen LogP contribution in [0.1, 0.15) is 12.1 Å². The first-order valence-electron chi connectivity index (χ1n) is 3.11. The molecule has 0 unspecified atom stereocenters. The van der Waals surface area contributed by atoms with Crippen molar-refractivity contribution in [1.29, 1.82) is 0 Å². The van der Waals surface area contributed by atoms with E-state index in [4.69, 9.17) is 0 Å². The molecule has 0 saturated heterocycles. The van der Waals surface area contributed by atoms with Gasteiger partial charge >= 0.3 is 0 Å². The van der Waals surface area contributed by atoms with Crippen molar-refractivity contribution in [2.24, 2.45) is 0 Å². The van der Waals surface area contributed by atoms with Gasteiger partial charge < -0.3 is 14.9 Å². The highest BCUT2D eigenvalue weighted by molar-refractivity contribution is 5.64. The molecule has 0 fully saturated rings. The molecule has 0 bridgehead atoms. The molecule has 1 aromatic rings. The molecule has 0 radical (unpaired) electrons. The molecule has 0 atom stereocenters. The van der Waals surface area contributed by atoms with Crippen molar-refractivity contribution in [3.63, 3.8) is 0 Å². The summed E-state index contributed by atoms with van der Waals surface area (Å²) in [5.41, 5.74) is 0.934. The second kappa shape index (κ2) is 3.06. The molecular weight excluding hydrogens is 130 g/mol. The van der Waals surface area contributed by atoms with Crippen LogP contribution in [0.25, 0.3) is 0 Å². The van der Waals surface area contributed by atoms with Crippen LogP contribution in [0.15, 0.2) is 18.3 Å². The molecule has 0 amide bonds. The van der Waals surface area contributed by atoms with Crippen LogP contribution in [-0.2, 0) is 11.2 Å². The Kier molecular flexibility index (Phi) is 2.10. The maximum Gasteiger partial charge on any atom is 0.0418 e. The van der Waals surface area contributed by atoms with Crippen molar-refractivity contribution in [2.75, 3.05) is 0 Å². The molecule has 0 saturated carbocycles. The lowest BCUT2D eigenvalue weighted by molar-refractivity contribution is -0.305. The van der Waals surface area contributed by atoms with Crippen molar-refractivity contribution in [3.8, 4) is 0 Å². The molecule has 54 valence electrons. The van der Waals surface area contributed by atoms with Crippen molar-refractivity contribution in [3.05, 3.63) is 24.0 Å². The highest BCUT2D eigenvalue weighted by Gasteiger charge is 1.91. The topological polar surface area (TPSA) is 55.9 Å². The van der Waals surface area contributed by atoms with Crippen molar-refractivity contribution < 1.29 is 9.90 Å². The van der Waals surface area contributed by atoms with Crippen LogP contribution >= 0.6 is 0 Å². The zero-order valence-electron chi connectivity index (χ0n) is 5.46. The summed E-state index contributed by atoms with van der Waals surface area (Å²) in [6.07, 6.45) is 2.38. The number of aryl methyl sites for hydroxylation is 1. The Balaban J connectivity index is 2.35. The maximum absolute atomic E-state index is 9.97. The number of carbonyl (C=O) groups excluding carboxylic acids is 1. The second-order valence-corrected chi connectivity index (χ2v) is 2.07. The van der Waals surface area contributed by atoms with Crippen LogP contribution in [0.5, 0.6) is 0 Å². The Labute approximate surface area is 58.7 Å². The largest absolute Gasteiger partial charge is 0.550 e. The van der Waals surface area contributed by atoms with Crippen molar-refractivity contribution >= 4 is 5.97 Å². The van der Waals surface area contributed by atoms with Crippen molar-refractivity contribution in [2.45, 2.75) is 12.8 Å². The minimum Gasteiger partial charge on any atom is -0.550 e. The van der Waals surface area contributed by atoms with Gasteiger partial charge in [0.15, 0.2) is 0 Å². The summed E-state index contributed by atoms with van der Waals surface area (Å²) in [6, 6.07) is 3.69. The first-order chi connectivity index (χ1) is 4.79. The molecule has 1 N–H and O–H groups in total. The van der Waals surface area contributed by atoms with E-state index in [2.05, 4.69) is 4.98 Å². The summed E-state index contributed by atoms with van der Waals surface area (Å²) in [6.45, 7) is 0. The highest BCUT2D eigenvalue weighted by Crippen LogP contribution is 1.97. The average Bonchev–Trinajstić information content (AvgIpc) is 2.34. The highest BCUT2D eigenvalue weighted by atomic mass is 16.4. The minimum atomic E-state index is -1.00. The smallest absolute Gasteiger partial charge is 0.0418 e. The molecule has 0 aliphatic rings. The van der Waals surface area contributed by atoms with Gasteiger partial charge in [-0.15, -0.1) is 0 Å². The predicted molar refractivity (Wildman–Crippen MR) is 34.1 cm³/mol. The number of hydrogen-bond donors (Lipinski definition) is 1. The molecule has 0 aliphatic carbocycles. The number of nitrogens with one attached hydrogen (secondary N) is 1. The molecule has 0 spiro atoms. The number of hydrogen-bond acceptors (Lipinski definition) is 2. The van der Waals surface area contributed by atoms with Crippen LogP contribution in [0.4, 0.5) is 0 Å². The van der Waals surface area contributed by atoms with E-state index in [0.717, 1.165) is 5.69 Å². The van der Waals surface area contributed by atoms with E-state index in [-0.39, 0.29) is 6.42 Å². The third kappa shape index (κ3) is 1.93. The van der Waals surface area contributed by atoms with Crippen LogP contribution in [-0.4, -0.2) is 11.0 Å². The van der Waals surface area contributed by atoms with Gasteiger partial charge in [0.05, 0.1) is 0 Å². The molecule has 1 heterocycles. The van der Waals surface area contributed by atoms with Gasteiger partial charge in [-0.05, 0) is 25.0 Å². The Hall–Kier alpha value is -1.25. The van der Waals surface area contributed by atoms with E-state index < -0.39 is 5.97 Å². The predicted octanol–water partition coefficient (Wildman–Crippen LogP) is -0.303. The van der Waals surface area contributed by atoms with Gasteiger partial charge in [0.25, 0.3) is 0 Å². The Bertz CT molecular complexity index is 203. The van der Waals surface area contributed by atoms with Crippen LogP contribution in [0, 0.1) is 0 Å². The Morgan fingerprint density at radius 3 is 3.00 bits per heavy atom. The first-order valence-corrected chi connectivity index (χ1v) is 3.11. The summed E-state index contributed by atoms with van der Waals surface area (Å²) in [4.78, 5) is 12.9. The van der Waals surface area contributed by atoms with E-state index in [1.165, 1.54) is 0 Å². The number of aromatic nitrogens is 1. The second-order valence-electron chi connectivity index (χ2n) is 2.07. The maximum atomic E-state index is 9.97. The fourth-order valence-electron chi connectivity index (χ4n) is 0.760. The Morgan fingerprint density at radius 2 is 2.50 bits per heavy atom. The zero-order valence-corrected chi connectivity index (χ0v) is 5.46. The zero-order chi connectivity index (χ0) is 7.40. The van der Waals surface area contributed by atoms with E-state index in [1.807, 2.05) is 12.1 Å². The van der Waals surface area contributed by atoms with E-state index >= 15 is 0 Å². The molecule has 3 nitrogen and oxygen atoms in total. The van der Waals surface area contributed by atoms with Gasteiger partial charge in [0.2, 0.25) is 0 Å². The van der Waals surface area contributed by atoms with Gasteiger partial charge in [-0.2, -0.15) is 0 Å². The van der Waals surface area contributed by atoms with Gasteiger partial charge in [0, 0.05) is 17.9 Å². The van der Waals surface area contributed by atoms with Gasteiger partial charge in [0.1, 0.15) is 0 Å². The number of rotatable bonds is 3. The van der Waals surface area contributed by atoms with E-state index in [1.54, 1.807) is 6.20 Å². The van der Waals surface area contributed by atoms with Gasteiger partial charge in [-0.3, -0.25) is 0 Å². The van der Waals surface area contributed by atoms with Crippen LogP contribution < -0.4 is 5.11 Å². The number of carbonyl (C=O) groups is 1. The van der Waals surface area contributed by atoms with Crippen LogP contribution in [0.2, 0.25) is 0 Å². The lowest BCUT2D eigenvalue weighted by Crippen LogP contribution is -2.22. The van der Waals surface area contributed by atoms with Crippen LogP contribution in [0.3, 0.4) is 0 Å². The molecule has 3 heteroatoms. The first kappa shape index (κ1) is 6.86. The fraction of sp³-hybridized carbons (Fsp3) is 0.286. The molecular formula is C7H8NO2-.